The minimum atomic E-state index is -0.288. The number of carbonyl (C=O) groups excluding carboxylic acids is 1. The summed E-state index contributed by atoms with van der Waals surface area (Å²) in [5.74, 6) is 0.305. The summed E-state index contributed by atoms with van der Waals surface area (Å²) in [6, 6.07) is -0.253. The molecule has 17 heavy (non-hydrogen) atoms. The Kier molecular flexibility index (Phi) is 10.2. The van der Waals surface area contributed by atoms with E-state index in [0.717, 1.165) is 19.6 Å². The predicted molar refractivity (Wildman–Crippen MR) is 70.8 cm³/mol. The molecule has 0 aromatic carbocycles. The first-order valence-corrected chi connectivity index (χ1v) is 6.72. The van der Waals surface area contributed by atoms with E-state index in [0.29, 0.717) is 18.9 Å². The molecule has 0 rings (SSSR count). The molecule has 0 aliphatic heterocycles. The van der Waals surface area contributed by atoms with Crippen molar-refractivity contribution in [3.05, 3.63) is 0 Å². The number of rotatable bonds is 11. The summed E-state index contributed by atoms with van der Waals surface area (Å²) in [6.07, 6.45) is 4.03. The number of nitrogens with one attached hydrogen (secondary N) is 1. The summed E-state index contributed by atoms with van der Waals surface area (Å²) < 4.78 is 5.56. The molecule has 4 nitrogen and oxygen atoms in total. The molecule has 4 heteroatoms. The number of carbonyl (C=O) groups is 1. The molecule has 0 bridgehead atoms. The number of hydrogen-bond donors (Lipinski definition) is 2. The van der Waals surface area contributed by atoms with Crippen LogP contribution < -0.4 is 11.1 Å². The van der Waals surface area contributed by atoms with Gasteiger partial charge in [0.15, 0.2) is 0 Å². The van der Waals surface area contributed by atoms with Gasteiger partial charge in [-0.05, 0) is 31.7 Å². The molecule has 0 aromatic rings. The van der Waals surface area contributed by atoms with Crippen LogP contribution in [0.25, 0.3) is 0 Å². The highest BCUT2D eigenvalue weighted by Gasteiger charge is 2.13. The first-order chi connectivity index (χ1) is 8.11. The quantitative estimate of drug-likeness (QED) is 0.544. The molecule has 2 unspecified atom stereocenters. The van der Waals surface area contributed by atoms with Crippen LogP contribution in [0.4, 0.5) is 0 Å². The normalized spacial score (nSPS) is 14.5. The average molecular weight is 244 g/mol. The van der Waals surface area contributed by atoms with Crippen molar-refractivity contribution in [2.24, 2.45) is 11.7 Å². The topological polar surface area (TPSA) is 64.3 Å². The van der Waals surface area contributed by atoms with Gasteiger partial charge < -0.3 is 15.8 Å². The standard InChI is InChI=1S/C13H28N2O2/c1-4-6-11(3)10-17-9-7-12(13(14)16)15-8-5-2/h11-12,15H,4-10H2,1-3H3,(H2,14,16). The summed E-state index contributed by atoms with van der Waals surface area (Å²) in [6.45, 7) is 8.61. The molecule has 0 aromatic heterocycles. The molecule has 0 radical (unpaired) electrons. The van der Waals surface area contributed by atoms with Crippen LogP contribution in [0.3, 0.4) is 0 Å². The number of hydrogen-bond acceptors (Lipinski definition) is 3. The lowest BCUT2D eigenvalue weighted by Crippen LogP contribution is -2.42. The molecule has 0 heterocycles. The summed E-state index contributed by atoms with van der Waals surface area (Å²) in [5, 5.41) is 3.13. The largest absolute Gasteiger partial charge is 0.381 e. The molecular formula is C13H28N2O2. The molecule has 102 valence electrons. The Morgan fingerprint density at radius 3 is 2.53 bits per heavy atom. The Morgan fingerprint density at radius 2 is 2.00 bits per heavy atom. The zero-order valence-corrected chi connectivity index (χ0v) is 11.5. The lowest BCUT2D eigenvalue weighted by atomic mass is 10.1. The van der Waals surface area contributed by atoms with Crippen LogP contribution >= 0.6 is 0 Å². The second kappa shape index (κ2) is 10.5. The van der Waals surface area contributed by atoms with E-state index in [-0.39, 0.29) is 11.9 Å². The van der Waals surface area contributed by atoms with Gasteiger partial charge in [0, 0.05) is 13.2 Å². The van der Waals surface area contributed by atoms with Crippen LogP contribution in [-0.4, -0.2) is 31.7 Å². The molecule has 0 fully saturated rings. The molecule has 1 amide bonds. The first kappa shape index (κ1) is 16.4. The van der Waals surface area contributed by atoms with Gasteiger partial charge in [-0.15, -0.1) is 0 Å². The Bertz CT molecular complexity index is 198. The van der Waals surface area contributed by atoms with Gasteiger partial charge in [0.2, 0.25) is 5.91 Å². The Hall–Kier alpha value is -0.610. The Morgan fingerprint density at radius 1 is 1.29 bits per heavy atom. The fourth-order valence-electron chi connectivity index (χ4n) is 1.73. The lowest BCUT2D eigenvalue weighted by Gasteiger charge is -2.16. The van der Waals surface area contributed by atoms with Crippen LogP contribution in [-0.2, 0) is 9.53 Å². The van der Waals surface area contributed by atoms with Crippen molar-refractivity contribution in [3.8, 4) is 0 Å². The fraction of sp³-hybridized carbons (Fsp3) is 0.923. The number of nitrogens with two attached hydrogens (primary N) is 1. The Labute approximate surface area is 105 Å². The van der Waals surface area contributed by atoms with Gasteiger partial charge in [0.05, 0.1) is 6.04 Å². The van der Waals surface area contributed by atoms with Crippen LogP contribution in [0.1, 0.15) is 46.5 Å². The summed E-state index contributed by atoms with van der Waals surface area (Å²) in [7, 11) is 0. The maximum absolute atomic E-state index is 11.1. The van der Waals surface area contributed by atoms with Gasteiger partial charge in [-0.25, -0.2) is 0 Å². The number of ether oxygens (including phenoxy) is 1. The van der Waals surface area contributed by atoms with E-state index in [1.807, 2.05) is 0 Å². The van der Waals surface area contributed by atoms with E-state index in [2.05, 4.69) is 26.1 Å². The molecule has 0 aliphatic carbocycles. The van der Waals surface area contributed by atoms with E-state index < -0.39 is 0 Å². The first-order valence-electron chi connectivity index (χ1n) is 6.72. The highest BCUT2D eigenvalue weighted by Crippen LogP contribution is 2.05. The predicted octanol–water partition coefficient (Wildman–Crippen LogP) is 1.68. The van der Waals surface area contributed by atoms with Crippen molar-refractivity contribution >= 4 is 5.91 Å². The van der Waals surface area contributed by atoms with Crippen LogP contribution in [0, 0.1) is 5.92 Å². The lowest BCUT2D eigenvalue weighted by molar-refractivity contribution is -0.120. The maximum atomic E-state index is 11.1. The van der Waals surface area contributed by atoms with Gasteiger partial charge in [0.25, 0.3) is 0 Å². The molecule has 0 aliphatic rings. The molecule has 0 saturated carbocycles. The van der Waals surface area contributed by atoms with E-state index in [1.165, 1.54) is 12.8 Å². The zero-order valence-electron chi connectivity index (χ0n) is 11.5. The van der Waals surface area contributed by atoms with E-state index in [9.17, 15) is 4.79 Å². The average Bonchev–Trinajstić information content (AvgIpc) is 2.28. The minimum absolute atomic E-state index is 0.253. The van der Waals surface area contributed by atoms with E-state index in [4.69, 9.17) is 10.5 Å². The van der Waals surface area contributed by atoms with Crippen molar-refractivity contribution in [1.29, 1.82) is 0 Å². The van der Waals surface area contributed by atoms with Crippen molar-refractivity contribution in [2.45, 2.75) is 52.5 Å². The number of amides is 1. The molecule has 3 N–H and O–H groups in total. The van der Waals surface area contributed by atoms with Crippen molar-refractivity contribution in [1.82, 2.24) is 5.32 Å². The molecule has 2 atom stereocenters. The SMILES string of the molecule is CCCNC(CCOCC(C)CCC)C(N)=O. The third-order valence-electron chi connectivity index (χ3n) is 2.72. The van der Waals surface area contributed by atoms with E-state index in [1.54, 1.807) is 0 Å². The highest BCUT2D eigenvalue weighted by molar-refractivity contribution is 5.79. The molecule has 0 spiro atoms. The van der Waals surface area contributed by atoms with Crippen molar-refractivity contribution in [2.75, 3.05) is 19.8 Å². The maximum Gasteiger partial charge on any atom is 0.234 e. The highest BCUT2D eigenvalue weighted by atomic mass is 16.5. The van der Waals surface area contributed by atoms with E-state index >= 15 is 0 Å². The van der Waals surface area contributed by atoms with Crippen molar-refractivity contribution < 1.29 is 9.53 Å². The third kappa shape index (κ3) is 9.12. The van der Waals surface area contributed by atoms with Crippen LogP contribution in [0.5, 0.6) is 0 Å². The van der Waals surface area contributed by atoms with Gasteiger partial charge in [-0.3, -0.25) is 4.79 Å². The zero-order chi connectivity index (χ0) is 13.1. The second-order valence-corrected chi connectivity index (χ2v) is 4.67. The summed E-state index contributed by atoms with van der Waals surface area (Å²) in [5.41, 5.74) is 5.31. The number of primary amides is 1. The molecule has 0 saturated heterocycles. The van der Waals surface area contributed by atoms with Gasteiger partial charge >= 0.3 is 0 Å². The van der Waals surface area contributed by atoms with Crippen molar-refractivity contribution in [3.63, 3.8) is 0 Å². The smallest absolute Gasteiger partial charge is 0.234 e. The summed E-state index contributed by atoms with van der Waals surface area (Å²) in [4.78, 5) is 11.1. The van der Waals surface area contributed by atoms with Gasteiger partial charge in [-0.2, -0.15) is 0 Å². The Balaban J connectivity index is 3.64. The second-order valence-electron chi connectivity index (χ2n) is 4.67. The third-order valence-corrected chi connectivity index (χ3v) is 2.72. The van der Waals surface area contributed by atoms with Crippen LogP contribution in [0.2, 0.25) is 0 Å². The summed E-state index contributed by atoms with van der Waals surface area (Å²) >= 11 is 0. The fourth-order valence-corrected chi connectivity index (χ4v) is 1.73. The van der Waals surface area contributed by atoms with Gasteiger partial charge in [0.1, 0.15) is 0 Å². The van der Waals surface area contributed by atoms with Gasteiger partial charge in [-0.1, -0.05) is 27.2 Å². The minimum Gasteiger partial charge on any atom is -0.381 e. The monoisotopic (exact) mass is 244 g/mol. The van der Waals surface area contributed by atoms with Crippen LogP contribution in [0.15, 0.2) is 0 Å². The molecular weight excluding hydrogens is 216 g/mol.